The number of thiophene rings is 1. The van der Waals surface area contributed by atoms with E-state index in [2.05, 4.69) is 12.2 Å². The molecular formula is C21H27N3O3S2. The van der Waals surface area contributed by atoms with Crippen molar-refractivity contribution in [2.45, 2.75) is 75.7 Å². The van der Waals surface area contributed by atoms with Crippen LogP contribution in [0, 0.1) is 5.92 Å². The third-order valence-corrected chi connectivity index (χ3v) is 8.19. The van der Waals surface area contributed by atoms with Gasteiger partial charge < -0.3 is 10.1 Å². The Bertz CT molecular complexity index is 989. The van der Waals surface area contributed by atoms with E-state index in [1.54, 1.807) is 15.9 Å². The minimum atomic E-state index is 0.0230. The number of carbonyl (C=O) groups excluding carboxylic acids is 1. The Morgan fingerprint density at radius 3 is 2.97 bits per heavy atom. The smallest absolute Gasteiger partial charge is 0.263 e. The molecule has 1 N–H and O–H groups in total. The van der Waals surface area contributed by atoms with Crippen LogP contribution in [0.3, 0.4) is 0 Å². The summed E-state index contributed by atoms with van der Waals surface area (Å²) in [6, 6.07) is 0.346. The molecule has 1 aliphatic heterocycles. The highest BCUT2D eigenvalue weighted by atomic mass is 32.2. The monoisotopic (exact) mass is 433 g/mol. The van der Waals surface area contributed by atoms with Crippen molar-refractivity contribution in [2.75, 3.05) is 12.4 Å². The molecule has 156 valence electrons. The summed E-state index contributed by atoms with van der Waals surface area (Å²) in [5.41, 5.74) is 1.26. The molecule has 2 aliphatic carbocycles. The van der Waals surface area contributed by atoms with Crippen molar-refractivity contribution in [1.29, 1.82) is 0 Å². The molecule has 2 unspecified atom stereocenters. The number of nitrogens with one attached hydrogen (secondary N) is 1. The van der Waals surface area contributed by atoms with Crippen molar-refractivity contribution in [3.05, 3.63) is 20.8 Å². The molecule has 29 heavy (non-hydrogen) atoms. The summed E-state index contributed by atoms with van der Waals surface area (Å²) in [4.78, 5) is 32.8. The Kier molecular flexibility index (Phi) is 5.43. The Morgan fingerprint density at radius 2 is 2.21 bits per heavy atom. The maximum Gasteiger partial charge on any atom is 0.263 e. The van der Waals surface area contributed by atoms with Crippen LogP contribution in [0.25, 0.3) is 10.2 Å². The average molecular weight is 434 g/mol. The van der Waals surface area contributed by atoms with Gasteiger partial charge in [-0.3, -0.25) is 14.2 Å². The molecule has 0 radical (unpaired) electrons. The van der Waals surface area contributed by atoms with Crippen LogP contribution in [0.5, 0.6) is 0 Å². The Balaban J connectivity index is 1.50. The van der Waals surface area contributed by atoms with Gasteiger partial charge in [0.25, 0.3) is 5.56 Å². The van der Waals surface area contributed by atoms with Crippen molar-refractivity contribution in [3.8, 4) is 0 Å². The molecule has 1 saturated heterocycles. The number of carbonyl (C=O) groups is 1. The highest BCUT2D eigenvalue weighted by Crippen LogP contribution is 2.36. The van der Waals surface area contributed by atoms with E-state index in [0.717, 1.165) is 61.8 Å². The Morgan fingerprint density at radius 1 is 1.34 bits per heavy atom. The van der Waals surface area contributed by atoms with Crippen molar-refractivity contribution >= 4 is 39.2 Å². The number of hydrogen-bond donors (Lipinski definition) is 1. The second-order valence-corrected chi connectivity index (χ2v) is 10.6. The summed E-state index contributed by atoms with van der Waals surface area (Å²) < 4.78 is 7.58. The molecule has 6 nitrogen and oxygen atoms in total. The van der Waals surface area contributed by atoms with Crippen LogP contribution in [0.15, 0.2) is 9.95 Å². The summed E-state index contributed by atoms with van der Waals surface area (Å²) in [6.07, 6.45) is 7.33. The van der Waals surface area contributed by atoms with E-state index < -0.39 is 0 Å². The average Bonchev–Trinajstić information content (AvgIpc) is 3.21. The third-order valence-electron chi connectivity index (χ3n) is 6.07. The first kappa shape index (κ1) is 19.6. The van der Waals surface area contributed by atoms with E-state index in [1.165, 1.54) is 22.2 Å². The SMILES string of the molecule is CC1CCc2c(sc3nc(SCC(=O)NC4CC4)n(CC4CCCO4)c(=O)c23)C1. The molecular weight excluding hydrogens is 406 g/mol. The van der Waals surface area contributed by atoms with Crippen LogP contribution >= 0.6 is 23.1 Å². The third kappa shape index (κ3) is 4.11. The van der Waals surface area contributed by atoms with Gasteiger partial charge >= 0.3 is 0 Å². The number of aryl methyl sites for hydroxylation is 1. The molecule has 0 spiro atoms. The molecule has 8 heteroatoms. The van der Waals surface area contributed by atoms with Gasteiger partial charge in [-0.15, -0.1) is 11.3 Å². The molecule has 5 rings (SSSR count). The van der Waals surface area contributed by atoms with Gasteiger partial charge in [0.05, 0.1) is 23.8 Å². The first-order valence-corrected chi connectivity index (χ1v) is 12.5. The molecule has 0 aromatic carbocycles. The van der Waals surface area contributed by atoms with Gasteiger partial charge in [0.2, 0.25) is 5.91 Å². The molecule has 2 atom stereocenters. The highest BCUT2D eigenvalue weighted by molar-refractivity contribution is 7.99. The maximum absolute atomic E-state index is 13.5. The Hall–Kier alpha value is -1.38. The van der Waals surface area contributed by atoms with Crippen LogP contribution in [0.2, 0.25) is 0 Å². The normalized spacial score (nSPS) is 24.0. The van der Waals surface area contributed by atoms with Crippen LogP contribution in [0.1, 0.15) is 49.5 Å². The number of fused-ring (bicyclic) bond motifs is 3. The molecule has 0 bridgehead atoms. The van der Waals surface area contributed by atoms with Crippen LogP contribution in [0.4, 0.5) is 0 Å². The number of aromatic nitrogens is 2. The fourth-order valence-electron chi connectivity index (χ4n) is 4.29. The lowest BCUT2D eigenvalue weighted by Crippen LogP contribution is -2.30. The Labute approximate surface area is 178 Å². The lowest BCUT2D eigenvalue weighted by molar-refractivity contribution is -0.118. The largest absolute Gasteiger partial charge is 0.376 e. The van der Waals surface area contributed by atoms with E-state index in [-0.39, 0.29) is 17.6 Å². The lowest BCUT2D eigenvalue weighted by atomic mass is 9.89. The van der Waals surface area contributed by atoms with E-state index in [4.69, 9.17) is 9.72 Å². The molecule has 1 saturated carbocycles. The number of amides is 1. The van der Waals surface area contributed by atoms with Gasteiger partial charge in [0.1, 0.15) is 4.83 Å². The van der Waals surface area contributed by atoms with Gasteiger partial charge in [-0.25, -0.2) is 4.98 Å². The van der Waals surface area contributed by atoms with E-state index in [9.17, 15) is 9.59 Å². The van der Waals surface area contributed by atoms with Gasteiger partial charge in [-0.05, 0) is 56.4 Å². The second-order valence-electron chi connectivity index (χ2n) is 8.61. The highest BCUT2D eigenvalue weighted by Gasteiger charge is 2.27. The predicted molar refractivity (Wildman–Crippen MR) is 116 cm³/mol. The summed E-state index contributed by atoms with van der Waals surface area (Å²) in [5, 5.41) is 4.47. The summed E-state index contributed by atoms with van der Waals surface area (Å²) >= 11 is 3.04. The van der Waals surface area contributed by atoms with E-state index in [0.29, 0.717) is 29.4 Å². The standard InChI is InChI=1S/C21H27N3O3S2/c1-12-4-7-15-16(9-12)29-19-18(15)20(26)24(10-14-3-2-8-27-14)21(23-19)28-11-17(25)22-13-5-6-13/h12-14H,2-11H2,1H3,(H,22,25). The minimum Gasteiger partial charge on any atom is -0.376 e. The fourth-order valence-corrected chi connectivity index (χ4v) is 6.54. The zero-order valence-corrected chi connectivity index (χ0v) is 18.4. The zero-order chi connectivity index (χ0) is 20.0. The number of ether oxygens (including phenoxy) is 1. The summed E-state index contributed by atoms with van der Waals surface area (Å²) in [5.74, 6) is 0.974. The maximum atomic E-state index is 13.5. The summed E-state index contributed by atoms with van der Waals surface area (Å²) in [6.45, 7) is 3.55. The van der Waals surface area contributed by atoms with Crippen molar-refractivity contribution < 1.29 is 9.53 Å². The van der Waals surface area contributed by atoms with E-state index in [1.807, 2.05) is 0 Å². The zero-order valence-electron chi connectivity index (χ0n) is 16.7. The van der Waals surface area contributed by atoms with Crippen molar-refractivity contribution in [1.82, 2.24) is 14.9 Å². The predicted octanol–water partition coefficient (Wildman–Crippen LogP) is 3.13. The first-order chi connectivity index (χ1) is 14.1. The first-order valence-electron chi connectivity index (χ1n) is 10.7. The number of thioether (sulfide) groups is 1. The quantitative estimate of drug-likeness (QED) is 0.560. The van der Waals surface area contributed by atoms with Gasteiger partial charge in [0, 0.05) is 17.5 Å². The molecule has 3 heterocycles. The van der Waals surface area contributed by atoms with Crippen LogP contribution in [-0.2, 0) is 28.9 Å². The van der Waals surface area contributed by atoms with Crippen molar-refractivity contribution in [2.24, 2.45) is 5.92 Å². The van der Waals surface area contributed by atoms with Gasteiger partial charge in [-0.2, -0.15) is 0 Å². The van der Waals surface area contributed by atoms with E-state index >= 15 is 0 Å². The van der Waals surface area contributed by atoms with Crippen molar-refractivity contribution in [3.63, 3.8) is 0 Å². The number of rotatable bonds is 6. The number of nitrogens with zero attached hydrogens (tertiary/aromatic N) is 2. The minimum absolute atomic E-state index is 0.0230. The number of hydrogen-bond acceptors (Lipinski definition) is 6. The lowest BCUT2D eigenvalue weighted by Gasteiger charge is -2.18. The van der Waals surface area contributed by atoms with Gasteiger partial charge in [-0.1, -0.05) is 18.7 Å². The topological polar surface area (TPSA) is 73.2 Å². The molecule has 2 fully saturated rings. The summed E-state index contributed by atoms with van der Waals surface area (Å²) in [7, 11) is 0. The molecule has 1 amide bonds. The van der Waals surface area contributed by atoms with Crippen LogP contribution < -0.4 is 10.9 Å². The fraction of sp³-hybridized carbons (Fsp3) is 0.667. The second kappa shape index (κ2) is 8.04. The molecule has 3 aliphatic rings. The molecule has 2 aromatic rings. The van der Waals surface area contributed by atoms with Gasteiger partial charge in [0.15, 0.2) is 5.16 Å². The molecule has 2 aromatic heterocycles. The van der Waals surface area contributed by atoms with Crippen LogP contribution in [-0.4, -0.2) is 40.0 Å².